The van der Waals surface area contributed by atoms with E-state index in [9.17, 15) is 9.59 Å². The van der Waals surface area contributed by atoms with E-state index >= 15 is 0 Å². The van der Waals surface area contributed by atoms with Crippen LogP contribution in [0.3, 0.4) is 0 Å². The summed E-state index contributed by atoms with van der Waals surface area (Å²) in [6.45, 7) is 3.96. The monoisotopic (exact) mass is 501 g/mol. The molecule has 5 rings (SSSR count). The number of Topliss-reactive ketones (excluding diaryl/α,β-unsaturated/α-hetero) is 1. The molecule has 0 bridgehead atoms. The van der Waals surface area contributed by atoms with Crippen LogP contribution in [-0.2, 0) is 14.3 Å². The van der Waals surface area contributed by atoms with Crippen LogP contribution in [0.25, 0.3) is 0 Å². The highest BCUT2D eigenvalue weighted by molar-refractivity contribution is 6.04. The number of methoxy groups -OCH3 is 2. The average Bonchev–Trinajstić information content (AvgIpc) is 3.40. The van der Waals surface area contributed by atoms with Crippen LogP contribution in [0.4, 0.5) is 0 Å². The zero-order valence-corrected chi connectivity index (χ0v) is 22.1. The Kier molecular flexibility index (Phi) is 7.09. The molecule has 3 aliphatic rings. The standard InChI is InChI=1S/C31H35NO5/c1-18-9-5-8-12-23(18)29-28(31(34)37-22-10-6-7-11-22)19(2)32-24-15-21(16-25(33)30(24)29)20-13-14-26(35-3)27(17-20)36-4/h5,8-9,12-14,17,21-22,29,32H,6-7,10-11,15-16H2,1-4H3/t21-,29+/m1/s1. The van der Waals surface area contributed by atoms with Gasteiger partial charge in [0, 0.05) is 29.3 Å². The average molecular weight is 502 g/mol. The Morgan fingerprint density at radius 3 is 2.38 bits per heavy atom. The first-order chi connectivity index (χ1) is 17.9. The minimum atomic E-state index is -0.440. The van der Waals surface area contributed by atoms with E-state index < -0.39 is 5.92 Å². The fourth-order valence-corrected chi connectivity index (χ4v) is 6.09. The zero-order chi connectivity index (χ0) is 26.1. The Morgan fingerprint density at radius 2 is 1.68 bits per heavy atom. The highest BCUT2D eigenvalue weighted by atomic mass is 16.5. The molecule has 2 atom stereocenters. The van der Waals surface area contributed by atoms with Gasteiger partial charge in [-0.25, -0.2) is 4.79 Å². The molecule has 6 nitrogen and oxygen atoms in total. The topological polar surface area (TPSA) is 73.9 Å². The van der Waals surface area contributed by atoms with Crippen LogP contribution in [0.1, 0.15) is 74.0 Å². The summed E-state index contributed by atoms with van der Waals surface area (Å²) in [6, 6.07) is 13.9. The first-order valence-corrected chi connectivity index (χ1v) is 13.1. The maximum Gasteiger partial charge on any atom is 0.337 e. The summed E-state index contributed by atoms with van der Waals surface area (Å²) in [5.74, 6) is 0.607. The van der Waals surface area contributed by atoms with Crippen LogP contribution in [-0.4, -0.2) is 32.1 Å². The molecule has 1 fully saturated rings. The van der Waals surface area contributed by atoms with Gasteiger partial charge in [0.25, 0.3) is 0 Å². The fraction of sp³-hybridized carbons (Fsp3) is 0.419. The first kappa shape index (κ1) is 25.1. The van der Waals surface area contributed by atoms with Gasteiger partial charge >= 0.3 is 5.97 Å². The van der Waals surface area contributed by atoms with E-state index in [1.807, 2.05) is 56.3 Å². The van der Waals surface area contributed by atoms with Crippen LogP contribution < -0.4 is 14.8 Å². The number of hydrogen-bond acceptors (Lipinski definition) is 6. The quantitative estimate of drug-likeness (QED) is 0.500. The van der Waals surface area contributed by atoms with Crippen molar-refractivity contribution >= 4 is 11.8 Å². The highest BCUT2D eigenvalue weighted by Gasteiger charge is 2.42. The minimum absolute atomic E-state index is 0.00383. The summed E-state index contributed by atoms with van der Waals surface area (Å²) in [5.41, 5.74) is 5.95. The molecule has 2 aromatic carbocycles. The van der Waals surface area contributed by atoms with Gasteiger partial charge in [0.2, 0.25) is 0 Å². The van der Waals surface area contributed by atoms with Crippen molar-refractivity contribution in [3.05, 3.63) is 81.7 Å². The van der Waals surface area contributed by atoms with E-state index in [1.165, 1.54) is 0 Å². The van der Waals surface area contributed by atoms with Gasteiger partial charge in [-0.3, -0.25) is 4.79 Å². The Hall–Kier alpha value is -3.54. The van der Waals surface area contributed by atoms with Crippen molar-refractivity contribution < 1.29 is 23.8 Å². The Labute approximate surface area is 218 Å². The van der Waals surface area contributed by atoms with Crippen LogP contribution in [0.15, 0.2) is 65.0 Å². The molecule has 6 heteroatoms. The van der Waals surface area contributed by atoms with E-state index in [4.69, 9.17) is 14.2 Å². The number of benzene rings is 2. The maximum atomic E-state index is 13.9. The van der Waals surface area contributed by atoms with Gasteiger partial charge in [0.15, 0.2) is 17.3 Å². The van der Waals surface area contributed by atoms with Crippen molar-refractivity contribution in [1.29, 1.82) is 0 Å². The normalized spacial score (nSPS) is 22.0. The van der Waals surface area contributed by atoms with Gasteiger partial charge in [-0.05, 0) is 80.7 Å². The molecular formula is C31H35NO5. The third-order valence-corrected chi connectivity index (χ3v) is 8.00. The molecule has 37 heavy (non-hydrogen) atoms. The number of dihydropyridines is 1. The summed E-state index contributed by atoms with van der Waals surface area (Å²) < 4.78 is 16.9. The van der Waals surface area contributed by atoms with Crippen molar-refractivity contribution in [3.8, 4) is 11.5 Å². The smallest absolute Gasteiger partial charge is 0.337 e. The summed E-state index contributed by atoms with van der Waals surface area (Å²) in [5, 5.41) is 3.46. The van der Waals surface area contributed by atoms with E-state index in [0.29, 0.717) is 35.5 Å². The van der Waals surface area contributed by atoms with Crippen LogP contribution >= 0.6 is 0 Å². The molecule has 1 saturated carbocycles. The summed E-state index contributed by atoms with van der Waals surface area (Å²) in [4.78, 5) is 27.5. The number of aryl methyl sites for hydroxylation is 1. The lowest BCUT2D eigenvalue weighted by Crippen LogP contribution is -2.36. The van der Waals surface area contributed by atoms with Crippen molar-refractivity contribution in [3.63, 3.8) is 0 Å². The van der Waals surface area contributed by atoms with Crippen LogP contribution in [0.5, 0.6) is 11.5 Å². The third-order valence-electron chi connectivity index (χ3n) is 8.00. The lowest BCUT2D eigenvalue weighted by molar-refractivity contribution is -0.144. The number of allylic oxidation sites excluding steroid dienone is 3. The van der Waals surface area contributed by atoms with Crippen molar-refractivity contribution in [1.82, 2.24) is 5.32 Å². The number of nitrogens with one attached hydrogen (secondary N) is 1. The van der Waals surface area contributed by atoms with Gasteiger partial charge in [0.1, 0.15) is 6.10 Å². The lowest BCUT2D eigenvalue weighted by Gasteiger charge is -2.37. The minimum Gasteiger partial charge on any atom is -0.493 e. The van der Waals surface area contributed by atoms with Crippen molar-refractivity contribution in [2.24, 2.45) is 0 Å². The van der Waals surface area contributed by atoms with Crippen LogP contribution in [0, 0.1) is 6.92 Å². The van der Waals surface area contributed by atoms with E-state index in [2.05, 4.69) is 5.32 Å². The van der Waals surface area contributed by atoms with Crippen LogP contribution in [0.2, 0.25) is 0 Å². The number of esters is 1. The van der Waals surface area contributed by atoms with Gasteiger partial charge in [-0.2, -0.15) is 0 Å². The fourth-order valence-electron chi connectivity index (χ4n) is 6.09. The summed E-state index contributed by atoms with van der Waals surface area (Å²) in [6.07, 6.45) is 4.96. The number of hydrogen-bond donors (Lipinski definition) is 1. The second kappa shape index (κ2) is 10.4. The molecule has 2 aliphatic carbocycles. The second-order valence-electron chi connectivity index (χ2n) is 10.3. The molecule has 0 amide bonds. The highest BCUT2D eigenvalue weighted by Crippen LogP contribution is 2.47. The van der Waals surface area contributed by atoms with Gasteiger partial charge in [-0.1, -0.05) is 30.3 Å². The van der Waals surface area contributed by atoms with E-state index in [0.717, 1.165) is 53.8 Å². The van der Waals surface area contributed by atoms with Gasteiger partial charge in [-0.15, -0.1) is 0 Å². The molecule has 194 valence electrons. The SMILES string of the molecule is COc1ccc([C@H]2CC(=O)C3=C(C2)NC(C)=C(C(=O)OC2CCCC2)[C@@H]3c2ccccc2C)cc1OC. The number of carbonyl (C=O) groups excluding carboxylic acids is 2. The lowest BCUT2D eigenvalue weighted by atomic mass is 9.71. The molecule has 1 N–H and O–H groups in total. The third kappa shape index (κ3) is 4.77. The van der Waals surface area contributed by atoms with Gasteiger partial charge in [0.05, 0.1) is 19.8 Å². The molecule has 0 unspecified atom stereocenters. The number of ether oxygens (including phenoxy) is 3. The molecular weight excluding hydrogens is 466 g/mol. The molecule has 1 aliphatic heterocycles. The predicted octanol–water partition coefficient (Wildman–Crippen LogP) is 5.86. The maximum absolute atomic E-state index is 13.9. The second-order valence-corrected chi connectivity index (χ2v) is 10.3. The van der Waals surface area contributed by atoms with E-state index in [1.54, 1.807) is 14.2 Å². The molecule has 0 saturated heterocycles. The Balaban J connectivity index is 1.54. The van der Waals surface area contributed by atoms with Crippen molar-refractivity contribution in [2.75, 3.05) is 14.2 Å². The Morgan fingerprint density at radius 1 is 0.946 bits per heavy atom. The molecule has 1 heterocycles. The summed E-state index contributed by atoms with van der Waals surface area (Å²) >= 11 is 0. The largest absolute Gasteiger partial charge is 0.493 e. The number of carbonyl (C=O) groups is 2. The molecule has 0 radical (unpaired) electrons. The first-order valence-electron chi connectivity index (χ1n) is 13.1. The number of rotatable bonds is 6. The number of ketones is 1. The van der Waals surface area contributed by atoms with Crippen molar-refractivity contribution in [2.45, 2.75) is 70.3 Å². The zero-order valence-electron chi connectivity index (χ0n) is 22.1. The van der Waals surface area contributed by atoms with Gasteiger partial charge < -0.3 is 19.5 Å². The predicted molar refractivity (Wildman–Crippen MR) is 142 cm³/mol. The summed E-state index contributed by atoms with van der Waals surface area (Å²) in [7, 11) is 3.23. The molecule has 0 spiro atoms. The molecule has 2 aromatic rings. The van der Waals surface area contributed by atoms with E-state index in [-0.39, 0.29) is 23.8 Å². The Bertz CT molecular complexity index is 1280. The molecule has 0 aromatic heterocycles.